The van der Waals surface area contributed by atoms with Crippen LogP contribution in [0.2, 0.25) is 0 Å². The van der Waals surface area contributed by atoms with Gasteiger partial charge in [-0.05, 0) is 48.8 Å². The van der Waals surface area contributed by atoms with Crippen LogP contribution in [-0.4, -0.2) is 20.3 Å². The van der Waals surface area contributed by atoms with Crippen molar-refractivity contribution in [2.45, 2.75) is 51.5 Å². The summed E-state index contributed by atoms with van der Waals surface area (Å²) in [4.78, 5) is 0. The molecule has 0 spiro atoms. The molecule has 1 fully saturated rings. The molecule has 0 aromatic heterocycles. The van der Waals surface area contributed by atoms with Crippen LogP contribution in [0.4, 0.5) is 0 Å². The Morgan fingerprint density at radius 1 is 1.25 bits per heavy atom. The first kappa shape index (κ1) is 15.5. The Bertz CT molecular complexity index is 383. The zero-order valence-electron chi connectivity index (χ0n) is 13.2. The number of hydrogen-bond donors (Lipinski definition) is 1. The van der Waals surface area contributed by atoms with E-state index in [4.69, 9.17) is 4.74 Å². The molecule has 0 radical (unpaired) electrons. The molecule has 1 N–H and O–H groups in total. The van der Waals surface area contributed by atoms with Crippen LogP contribution < -0.4 is 5.32 Å². The van der Waals surface area contributed by atoms with Gasteiger partial charge in [0.25, 0.3) is 0 Å². The predicted octanol–water partition coefficient (Wildman–Crippen LogP) is 4.28. The Morgan fingerprint density at radius 3 is 2.45 bits per heavy atom. The lowest BCUT2D eigenvalue weighted by Gasteiger charge is -2.27. The van der Waals surface area contributed by atoms with Gasteiger partial charge in [-0.2, -0.15) is 0 Å². The van der Waals surface area contributed by atoms with Gasteiger partial charge in [-0.15, -0.1) is 0 Å². The third-order valence-corrected chi connectivity index (χ3v) is 4.46. The molecule has 0 aliphatic heterocycles. The summed E-state index contributed by atoms with van der Waals surface area (Å²) in [7, 11) is 1.78. The van der Waals surface area contributed by atoms with Crippen LogP contribution in [0.3, 0.4) is 0 Å². The van der Waals surface area contributed by atoms with Crippen LogP contribution in [0.15, 0.2) is 24.3 Å². The highest BCUT2D eigenvalue weighted by Gasteiger charge is 2.20. The van der Waals surface area contributed by atoms with Crippen molar-refractivity contribution in [3.63, 3.8) is 0 Å². The zero-order valence-corrected chi connectivity index (χ0v) is 13.2. The molecule has 1 aromatic rings. The van der Waals surface area contributed by atoms with Gasteiger partial charge in [0, 0.05) is 19.8 Å². The summed E-state index contributed by atoms with van der Waals surface area (Å²) in [5.74, 6) is 1.41. The molecule has 0 amide bonds. The molecular weight excluding hydrogens is 246 g/mol. The molecule has 2 atom stereocenters. The van der Waals surface area contributed by atoms with Gasteiger partial charge < -0.3 is 10.1 Å². The molecule has 0 saturated heterocycles. The zero-order chi connectivity index (χ0) is 14.4. The van der Waals surface area contributed by atoms with E-state index in [2.05, 4.69) is 43.4 Å². The lowest BCUT2D eigenvalue weighted by atomic mass is 9.79. The molecule has 2 unspecified atom stereocenters. The van der Waals surface area contributed by atoms with Crippen LogP contribution in [0, 0.1) is 5.92 Å². The second kappa shape index (κ2) is 7.80. The minimum Gasteiger partial charge on any atom is -0.384 e. The summed E-state index contributed by atoms with van der Waals surface area (Å²) in [6, 6.07) is 9.76. The van der Waals surface area contributed by atoms with E-state index in [0.717, 1.165) is 25.5 Å². The molecule has 2 rings (SSSR count). The Labute approximate surface area is 123 Å². The van der Waals surface area contributed by atoms with Gasteiger partial charge in [-0.25, -0.2) is 0 Å². The molecule has 0 bridgehead atoms. The van der Waals surface area contributed by atoms with E-state index in [1.165, 1.54) is 30.4 Å². The molecule has 112 valence electrons. The topological polar surface area (TPSA) is 21.3 Å². The van der Waals surface area contributed by atoms with E-state index in [1.54, 1.807) is 7.11 Å². The van der Waals surface area contributed by atoms with E-state index in [9.17, 15) is 0 Å². The Kier molecular flexibility index (Phi) is 6.06. The molecule has 1 aliphatic carbocycles. The van der Waals surface area contributed by atoms with Crippen molar-refractivity contribution in [2.75, 3.05) is 20.3 Å². The van der Waals surface area contributed by atoms with E-state index in [-0.39, 0.29) is 0 Å². The van der Waals surface area contributed by atoms with E-state index in [0.29, 0.717) is 12.0 Å². The number of nitrogens with one attached hydrogen (secondary N) is 1. The van der Waals surface area contributed by atoms with Crippen LogP contribution in [0.1, 0.15) is 62.6 Å². The highest BCUT2D eigenvalue weighted by molar-refractivity contribution is 5.28. The average molecular weight is 275 g/mol. The molecular formula is C18H29NO. The summed E-state index contributed by atoms with van der Waals surface area (Å²) in [6.07, 6.45) is 5.28. The summed E-state index contributed by atoms with van der Waals surface area (Å²) < 4.78 is 5.26. The Balaban J connectivity index is 2.00. The quantitative estimate of drug-likeness (QED) is 0.764. The summed E-state index contributed by atoms with van der Waals surface area (Å²) in [5.41, 5.74) is 2.94. The van der Waals surface area contributed by atoms with E-state index < -0.39 is 0 Å². The first-order valence-corrected chi connectivity index (χ1v) is 8.06. The SMILES string of the molecule is CCNC(CC(C)COC)c1ccc(C2CCC2)cc1. The highest BCUT2D eigenvalue weighted by atomic mass is 16.5. The second-order valence-corrected chi connectivity index (χ2v) is 6.20. The third-order valence-electron chi connectivity index (χ3n) is 4.46. The fourth-order valence-corrected chi connectivity index (χ4v) is 3.08. The molecule has 1 aromatic carbocycles. The molecule has 1 aliphatic rings. The summed E-state index contributed by atoms with van der Waals surface area (Å²) in [5, 5.41) is 3.61. The maximum atomic E-state index is 5.26. The number of rotatable bonds is 8. The fourth-order valence-electron chi connectivity index (χ4n) is 3.08. The van der Waals surface area contributed by atoms with Gasteiger partial charge in [0.05, 0.1) is 0 Å². The minimum atomic E-state index is 0.445. The predicted molar refractivity (Wildman–Crippen MR) is 85.1 cm³/mol. The summed E-state index contributed by atoms with van der Waals surface area (Å²) >= 11 is 0. The van der Waals surface area contributed by atoms with Gasteiger partial charge in [-0.1, -0.05) is 44.5 Å². The number of methoxy groups -OCH3 is 1. The van der Waals surface area contributed by atoms with Crippen molar-refractivity contribution in [3.8, 4) is 0 Å². The Hall–Kier alpha value is -0.860. The van der Waals surface area contributed by atoms with Crippen LogP contribution in [-0.2, 0) is 4.74 Å². The van der Waals surface area contributed by atoms with E-state index in [1.807, 2.05) is 0 Å². The Morgan fingerprint density at radius 2 is 1.95 bits per heavy atom. The van der Waals surface area contributed by atoms with E-state index >= 15 is 0 Å². The van der Waals surface area contributed by atoms with Gasteiger partial charge in [0.15, 0.2) is 0 Å². The van der Waals surface area contributed by atoms with Crippen molar-refractivity contribution in [1.82, 2.24) is 5.32 Å². The largest absolute Gasteiger partial charge is 0.384 e. The lowest BCUT2D eigenvalue weighted by molar-refractivity contribution is 0.149. The molecule has 1 saturated carbocycles. The maximum Gasteiger partial charge on any atom is 0.0488 e. The van der Waals surface area contributed by atoms with Gasteiger partial charge >= 0.3 is 0 Å². The number of hydrogen-bond acceptors (Lipinski definition) is 2. The van der Waals surface area contributed by atoms with Crippen LogP contribution in [0.25, 0.3) is 0 Å². The number of ether oxygens (including phenoxy) is 1. The molecule has 0 heterocycles. The fraction of sp³-hybridized carbons (Fsp3) is 0.667. The van der Waals surface area contributed by atoms with Gasteiger partial charge in [0.1, 0.15) is 0 Å². The second-order valence-electron chi connectivity index (χ2n) is 6.20. The maximum absolute atomic E-state index is 5.26. The van der Waals surface area contributed by atoms with Gasteiger partial charge in [-0.3, -0.25) is 0 Å². The lowest BCUT2D eigenvalue weighted by Crippen LogP contribution is -2.24. The van der Waals surface area contributed by atoms with Crippen LogP contribution in [0.5, 0.6) is 0 Å². The summed E-state index contributed by atoms with van der Waals surface area (Å²) in [6.45, 7) is 6.28. The monoisotopic (exact) mass is 275 g/mol. The van der Waals surface area contributed by atoms with Gasteiger partial charge in [0.2, 0.25) is 0 Å². The number of benzene rings is 1. The first-order valence-electron chi connectivity index (χ1n) is 8.06. The van der Waals surface area contributed by atoms with Crippen molar-refractivity contribution < 1.29 is 4.74 Å². The van der Waals surface area contributed by atoms with Crippen molar-refractivity contribution >= 4 is 0 Å². The molecule has 2 nitrogen and oxygen atoms in total. The minimum absolute atomic E-state index is 0.445. The first-order chi connectivity index (χ1) is 9.74. The average Bonchev–Trinajstić information content (AvgIpc) is 2.37. The smallest absolute Gasteiger partial charge is 0.0488 e. The van der Waals surface area contributed by atoms with Crippen LogP contribution >= 0.6 is 0 Å². The highest BCUT2D eigenvalue weighted by Crippen LogP contribution is 2.36. The van der Waals surface area contributed by atoms with Crippen molar-refractivity contribution in [2.24, 2.45) is 5.92 Å². The third kappa shape index (κ3) is 4.07. The molecule has 20 heavy (non-hydrogen) atoms. The molecule has 2 heteroatoms. The van der Waals surface area contributed by atoms with Crippen molar-refractivity contribution in [1.29, 1.82) is 0 Å². The normalized spacial score (nSPS) is 18.6. The standard InChI is InChI=1S/C18H29NO/c1-4-19-18(12-14(2)13-20-3)17-10-8-16(9-11-17)15-6-5-7-15/h8-11,14-15,18-19H,4-7,12-13H2,1-3H3. The van der Waals surface area contributed by atoms with Crippen molar-refractivity contribution in [3.05, 3.63) is 35.4 Å².